The van der Waals surface area contributed by atoms with Crippen LogP contribution in [0.5, 0.6) is 0 Å². The number of benzene rings is 2. The average Bonchev–Trinajstić information content (AvgIpc) is 3.00. The number of imidazole rings is 1. The Balaban J connectivity index is 1.57. The maximum atomic E-state index is 11.4. The largest absolute Gasteiger partial charge is 0.381 e. The topological polar surface area (TPSA) is 73.6 Å². The Morgan fingerprint density at radius 2 is 1.72 bits per heavy atom. The fraction of sp³-hybridized carbons (Fsp3) is 0.0526. The predicted octanol–water partition coefficient (Wildman–Crippen LogP) is 4.18. The van der Waals surface area contributed by atoms with Crippen LogP contribution in [0.15, 0.2) is 65.7 Å². The first-order valence-corrected chi connectivity index (χ1v) is 8.21. The van der Waals surface area contributed by atoms with Gasteiger partial charge < -0.3 is 15.3 Å². The van der Waals surface area contributed by atoms with Crippen LogP contribution in [-0.4, -0.2) is 15.0 Å². The fourth-order valence-electron chi connectivity index (χ4n) is 2.73. The van der Waals surface area contributed by atoms with Crippen molar-refractivity contribution in [2.24, 2.45) is 0 Å². The summed E-state index contributed by atoms with van der Waals surface area (Å²) in [7, 11) is 0. The van der Waals surface area contributed by atoms with Crippen molar-refractivity contribution >= 4 is 28.3 Å². The zero-order valence-corrected chi connectivity index (χ0v) is 14.0. The van der Waals surface area contributed by atoms with Gasteiger partial charge in [0.05, 0.1) is 11.0 Å². The molecule has 0 unspecified atom stereocenters. The molecule has 0 aliphatic rings. The number of aromatic nitrogens is 3. The molecule has 0 fully saturated rings. The summed E-state index contributed by atoms with van der Waals surface area (Å²) in [5.74, 6) is 0. The monoisotopic (exact) mass is 350 g/mol. The van der Waals surface area contributed by atoms with E-state index in [2.05, 4.69) is 26.3 Å². The Hall–Kier alpha value is -3.05. The number of nitrogens with one attached hydrogen (secondary N) is 3. The third-order valence-corrected chi connectivity index (χ3v) is 4.24. The Bertz CT molecular complexity index is 1080. The van der Waals surface area contributed by atoms with E-state index in [1.165, 1.54) is 0 Å². The summed E-state index contributed by atoms with van der Waals surface area (Å²) in [6, 6.07) is 15.5. The normalized spacial score (nSPS) is 10.9. The van der Waals surface area contributed by atoms with E-state index in [1.807, 2.05) is 54.9 Å². The van der Waals surface area contributed by atoms with Gasteiger partial charge in [-0.25, -0.2) is 4.79 Å². The number of anilines is 1. The van der Waals surface area contributed by atoms with E-state index in [-0.39, 0.29) is 5.69 Å². The van der Waals surface area contributed by atoms with Crippen LogP contribution in [0.1, 0.15) is 5.56 Å². The molecule has 0 spiro atoms. The first kappa shape index (κ1) is 15.5. The Kier molecular flexibility index (Phi) is 3.99. The van der Waals surface area contributed by atoms with Crippen LogP contribution >= 0.6 is 11.6 Å². The number of fused-ring (bicyclic) bond motifs is 1. The Morgan fingerprint density at radius 1 is 0.920 bits per heavy atom. The molecule has 0 saturated heterocycles. The fourth-order valence-corrected chi connectivity index (χ4v) is 2.85. The molecule has 5 nitrogen and oxygen atoms in total. The minimum absolute atomic E-state index is 0.203. The van der Waals surface area contributed by atoms with Gasteiger partial charge in [-0.3, -0.25) is 4.98 Å². The zero-order valence-electron chi connectivity index (χ0n) is 13.2. The van der Waals surface area contributed by atoms with Crippen molar-refractivity contribution in [1.29, 1.82) is 0 Å². The van der Waals surface area contributed by atoms with Gasteiger partial charge in [-0.2, -0.15) is 0 Å². The SMILES string of the molecule is O=c1[nH]c2ccc(-c3cncc(CNc4ccc(Cl)cc4)c3)cc2[nH]1. The molecule has 0 radical (unpaired) electrons. The van der Waals surface area contributed by atoms with E-state index in [4.69, 9.17) is 11.6 Å². The van der Waals surface area contributed by atoms with Gasteiger partial charge in [-0.05, 0) is 53.6 Å². The Labute approximate surface area is 148 Å². The highest BCUT2D eigenvalue weighted by molar-refractivity contribution is 6.30. The van der Waals surface area contributed by atoms with E-state index in [1.54, 1.807) is 0 Å². The van der Waals surface area contributed by atoms with Crippen LogP contribution < -0.4 is 11.0 Å². The second-order valence-electron chi connectivity index (χ2n) is 5.78. The number of pyridine rings is 1. The number of hydrogen-bond acceptors (Lipinski definition) is 3. The van der Waals surface area contributed by atoms with Crippen molar-refractivity contribution in [2.45, 2.75) is 6.54 Å². The molecule has 124 valence electrons. The lowest BCUT2D eigenvalue weighted by molar-refractivity contribution is 1.11. The van der Waals surface area contributed by atoms with Crippen molar-refractivity contribution in [3.63, 3.8) is 0 Å². The van der Waals surface area contributed by atoms with Crippen LogP contribution in [0.2, 0.25) is 5.02 Å². The van der Waals surface area contributed by atoms with Crippen LogP contribution in [-0.2, 0) is 6.54 Å². The molecule has 3 N–H and O–H groups in total. The maximum absolute atomic E-state index is 11.4. The summed E-state index contributed by atoms with van der Waals surface area (Å²) in [4.78, 5) is 21.2. The number of hydrogen-bond donors (Lipinski definition) is 3. The summed E-state index contributed by atoms with van der Waals surface area (Å²) in [6.45, 7) is 0.658. The smallest absolute Gasteiger partial charge is 0.323 e. The molecule has 25 heavy (non-hydrogen) atoms. The van der Waals surface area contributed by atoms with E-state index in [9.17, 15) is 4.79 Å². The van der Waals surface area contributed by atoms with Gasteiger partial charge in [-0.1, -0.05) is 17.7 Å². The van der Waals surface area contributed by atoms with E-state index < -0.39 is 0 Å². The van der Waals surface area contributed by atoms with Gasteiger partial charge in [-0.15, -0.1) is 0 Å². The molecule has 0 amide bonds. The molecule has 2 aromatic carbocycles. The van der Waals surface area contributed by atoms with Gasteiger partial charge in [0, 0.05) is 35.2 Å². The van der Waals surface area contributed by atoms with Gasteiger partial charge in [0.2, 0.25) is 0 Å². The first-order chi connectivity index (χ1) is 12.2. The summed E-state index contributed by atoms with van der Waals surface area (Å²) in [6.07, 6.45) is 3.65. The lowest BCUT2D eigenvalue weighted by atomic mass is 10.1. The van der Waals surface area contributed by atoms with Crippen molar-refractivity contribution in [3.8, 4) is 11.1 Å². The second-order valence-corrected chi connectivity index (χ2v) is 6.22. The molecule has 0 saturated carbocycles. The summed E-state index contributed by atoms with van der Waals surface area (Å²) in [5.41, 5.74) is 5.44. The van der Waals surface area contributed by atoms with Gasteiger partial charge in [0.1, 0.15) is 0 Å². The van der Waals surface area contributed by atoms with Crippen molar-refractivity contribution in [3.05, 3.63) is 82.0 Å². The lowest BCUT2D eigenvalue weighted by Crippen LogP contribution is -2.00. The van der Waals surface area contributed by atoms with Crippen molar-refractivity contribution < 1.29 is 0 Å². The molecule has 0 atom stereocenters. The molecule has 4 rings (SSSR count). The third-order valence-electron chi connectivity index (χ3n) is 3.99. The van der Waals surface area contributed by atoms with Crippen LogP contribution in [0.4, 0.5) is 5.69 Å². The average molecular weight is 351 g/mol. The standard InChI is InChI=1S/C19H15ClN4O/c20-15-2-4-16(5-3-15)22-10-12-7-14(11-21-9-12)13-1-6-17-18(8-13)24-19(25)23-17/h1-9,11,22H,10H2,(H2,23,24,25). The molecule has 4 aromatic rings. The van der Waals surface area contributed by atoms with Gasteiger partial charge in [0.15, 0.2) is 0 Å². The van der Waals surface area contributed by atoms with Crippen molar-refractivity contribution in [1.82, 2.24) is 15.0 Å². The van der Waals surface area contributed by atoms with Crippen LogP contribution in [0.25, 0.3) is 22.2 Å². The summed E-state index contributed by atoms with van der Waals surface area (Å²) < 4.78 is 0. The third kappa shape index (κ3) is 3.41. The summed E-state index contributed by atoms with van der Waals surface area (Å²) in [5, 5.41) is 4.06. The highest BCUT2D eigenvalue weighted by atomic mass is 35.5. The molecule has 0 aliphatic carbocycles. The highest BCUT2D eigenvalue weighted by Gasteiger charge is 2.04. The van der Waals surface area contributed by atoms with Crippen LogP contribution in [0, 0.1) is 0 Å². The molecule has 2 aromatic heterocycles. The molecular weight excluding hydrogens is 336 g/mol. The molecule has 0 bridgehead atoms. The maximum Gasteiger partial charge on any atom is 0.323 e. The molecular formula is C19H15ClN4O. The van der Waals surface area contributed by atoms with E-state index in [0.717, 1.165) is 33.4 Å². The molecule has 6 heteroatoms. The lowest BCUT2D eigenvalue weighted by Gasteiger charge is -2.08. The van der Waals surface area contributed by atoms with E-state index in [0.29, 0.717) is 11.6 Å². The predicted molar refractivity (Wildman–Crippen MR) is 101 cm³/mol. The number of rotatable bonds is 4. The van der Waals surface area contributed by atoms with Crippen molar-refractivity contribution in [2.75, 3.05) is 5.32 Å². The number of nitrogens with zero attached hydrogens (tertiary/aromatic N) is 1. The molecule has 0 aliphatic heterocycles. The minimum atomic E-state index is -0.203. The number of H-pyrrole nitrogens is 2. The number of halogens is 1. The van der Waals surface area contributed by atoms with Crippen LogP contribution in [0.3, 0.4) is 0 Å². The molecule has 2 heterocycles. The minimum Gasteiger partial charge on any atom is -0.381 e. The van der Waals surface area contributed by atoms with E-state index >= 15 is 0 Å². The highest BCUT2D eigenvalue weighted by Crippen LogP contribution is 2.23. The summed E-state index contributed by atoms with van der Waals surface area (Å²) >= 11 is 5.90. The van der Waals surface area contributed by atoms with Gasteiger partial charge in [0.25, 0.3) is 0 Å². The number of aromatic amines is 2. The van der Waals surface area contributed by atoms with Gasteiger partial charge >= 0.3 is 5.69 Å². The Morgan fingerprint density at radius 3 is 2.56 bits per heavy atom. The zero-order chi connectivity index (χ0) is 17.2. The first-order valence-electron chi connectivity index (χ1n) is 7.83. The second kappa shape index (κ2) is 6.45. The quantitative estimate of drug-likeness (QED) is 0.517.